The van der Waals surface area contributed by atoms with Crippen LogP contribution in [-0.2, 0) is 9.53 Å². The Labute approximate surface area is 118 Å². The number of nitrogens with two attached hydrogens (primary N) is 1. The third-order valence-corrected chi connectivity index (χ3v) is 3.91. The van der Waals surface area contributed by atoms with E-state index in [0.717, 1.165) is 0 Å². The van der Waals surface area contributed by atoms with Crippen molar-refractivity contribution in [3.8, 4) is 0 Å². The number of hydrogen-bond donors (Lipinski definition) is 2. The van der Waals surface area contributed by atoms with Gasteiger partial charge in [0.2, 0.25) is 5.91 Å². The number of ether oxygens (including phenoxy) is 1. The van der Waals surface area contributed by atoms with E-state index in [-0.39, 0.29) is 11.7 Å². The molecule has 1 fully saturated rings. The Balaban J connectivity index is 2.11. The molecule has 0 saturated carbocycles. The van der Waals surface area contributed by atoms with Crippen LogP contribution >= 0.6 is 22.6 Å². The summed E-state index contributed by atoms with van der Waals surface area (Å²) in [5.74, 6) is -0.568. The molecule has 1 heterocycles. The van der Waals surface area contributed by atoms with Crippen molar-refractivity contribution in [3.63, 3.8) is 0 Å². The molecule has 3 N–H and O–H groups in total. The molecule has 1 amide bonds. The molecule has 1 saturated heterocycles. The van der Waals surface area contributed by atoms with Crippen molar-refractivity contribution < 1.29 is 13.9 Å². The van der Waals surface area contributed by atoms with E-state index in [1.807, 2.05) is 22.6 Å². The summed E-state index contributed by atoms with van der Waals surface area (Å²) in [5, 5.41) is 2.75. The fourth-order valence-corrected chi connectivity index (χ4v) is 2.41. The van der Waals surface area contributed by atoms with E-state index in [1.165, 1.54) is 18.2 Å². The van der Waals surface area contributed by atoms with Gasteiger partial charge in [0.1, 0.15) is 11.4 Å². The number of carbonyl (C=O) groups excluding carboxylic acids is 1. The van der Waals surface area contributed by atoms with Gasteiger partial charge in [0, 0.05) is 16.8 Å². The molecule has 0 aliphatic carbocycles. The zero-order valence-electron chi connectivity index (χ0n) is 9.71. The maximum atomic E-state index is 13.0. The van der Waals surface area contributed by atoms with Crippen LogP contribution in [0.3, 0.4) is 0 Å². The van der Waals surface area contributed by atoms with Gasteiger partial charge in [0.05, 0.1) is 5.69 Å². The van der Waals surface area contributed by atoms with Crippen molar-refractivity contribution in [1.29, 1.82) is 0 Å². The van der Waals surface area contributed by atoms with E-state index in [0.29, 0.717) is 35.3 Å². The van der Waals surface area contributed by atoms with Crippen molar-refractivity contribution >= 4 is 34.2 Å². The molecule has 6 heteroatoms. The van der Waals surface area contributed by atoms with Crippen LogP contribution in [0, 0.1) is 9.39 Å². The van der Waals surface area contributed by atoms with Gasteiger partial charge in [0.25, 0.3) is 0 Å². The quantitative estimate of drug-likeness (QED) is 0.788. The maximum absolute atomic E-state index is 13.0. The topological polar surface area (TPSA) is 64.4 Å². The van der Waals surface area contributed by atoms with Gasteiger partial charge in [-0.25, -0.2) is 4.39 Å². The number of amides is 1. The maximum Gasteiger partial charge on any atom is 0.244 e. The van der Waals surface area contributed by atoms with Gasteiger partial charge >= 0.3 is 0 Å². The minimum Gasteiger partial charge on any atom is -0.381 e. The number of anilines is 1. The molecule has 0 bridgehead atoms. The molecule has 0 aromatic heterocycles. The summed E-state index contributed by atoms with van der Waals surface area (Å²) in [4.78, 5) is 12.1. The van der Waals surface area contributed by atoms with Crippen LogP contribution in [0.15, 0.2) is 18.2 Å². The molecule has 0 radical (unpaired) electrons. The van der Waals surface area contributed by atoms with Gasteiger partial charge in [-0.1, -0.05) is 0 Å². The van der Waals surface area contributed by atoms with Crippen LogP contribution in [0.25, 0.3) is 0 Å². The Morgan fingerprint density at radius 3 is 2.72 bits per heavy atom. The number of hydrogen-bond acceptors (Lipinski definition) is 3. The van der Waals surface area contributed by atoms with Crippen molar-refractivity contribution in [3.05, 3.63) is 27.6 Å². The number of benzene rings is 1. The Kier molecular flexibility index (Phi) is 4.18. The van der Waals surface area contributed by atoms with Crippen molar-refractivity contribution in [2.75, 3.05) is 18.5 Å². The molecule has 2 rings (SSSR count). The predicted molar refractivity (Wildman–Crippen MR) is 74.7 cm³/mol. The van der Waals surface area contributed by atoms with Gasteiger partial charge in [-0.05, 0) is 53.6 Å². The zero-order chi connectivity index (χ0) is 13.2. The number of carbonyl (C=O) groups is 1. The van der Waals surface area contributed by atoms with Crippen LogP contribution < -0.4 is 11.1 Å². The number of rotatable bonds is 2. The molecule has 0 atom stereocenters. The first kappa shape index (κ1) is 13.7. The molecular formula is C12H14FIN2O2. The minimum absolute atomic E-state index is 0.240. The predicted octanol–water partition coefficient (Wildman–Crippen LogP) is 1.88. The minimum atomic E-state index is -0.893. The Morgan fingerprint density at radius 2 is 2.11 bits per heavy atom. The van der Waals surface area contributed by atoms with Crippen molar-refractivity contribution in [2.24, 2.45) is 5.73 Å². The highest BCUT2D eigenvalue weighted by molar-refractivity contribution is 14.1. The van der Waals surface area contributed by atoms with E-state index in [9.17, 15) is 9.18 Å². The zero-order valence-corrected chi connectivity index (χ0v) is 11.9. The fourth-order valence-electron chi connectivity index (χ4n) is 1.80. The second-order valence-electron chi connectivity index (χ2n) is 4.35. The number of halogens is 2. The highest BCUT2D eigenvalue weighted by atomic mass is 127. The van der Waals surface area contributed by atoms with Gasteiger partial charge in [0.15, 0.2) is 0 Å². The van der Waals surface area contributed by atoms with E-state index < -0.39 is 5.54 Å². The SMILES string of the molecule is NC1(C(=O)Nc2ccc(F)cc2I)CCOCC1. The average Bonchev–Trinajstić information content (AvgIpc) is 2.33. The smallest absolute Gasteiger partial charge is 0.244 e. The monoisotopic (exact) mass is 364 g/mol. The lowest BCUT2D eigenvalue weighted by atomic mass is 9.90. The second-order valence-corrected chi connectivity index (χ2v) is 5.51. The summed E-state index contributed by atoms with van der Waals surface area (Å²) in [6.45, 7) is 0.981. The van der Waals surface area contributed by atoms with E-state index >= 15 is 0 Å². The summed E-state index contributed by atoms with van der Waals surface area (Å²) in [7, 11) is 0. The van der Waals surface area contributed by atoms with Crippen LogP contribution in [0.1, 0.15) is 12.8 Å². The molecule has 0 unspecified atom stereocenters. The summed E-state index contributed by atoms with van der Waals surface area (Å²) < 4.78 is 18.8. The molecular weight excluding hydrogens is 350 g/mol. The largest absolute Gasteiger partial charge is 0.381 e. The highest BCUT2D eigenvalue weighted by Crippen LogP contribution is 2.23. The summed E-state index contributed by atoms with van der Waals surface area (Å²) in [6, 6.07) is 4.21. The Hall–Kier alpha value is -0.730. The standard InChI is InChI=1S/C12H14FIN2O2/c13-8-1-2-10(9(14)7-8)16-11(17)12(15)3-5-18-6-4-12/h1-2,7H,3-6,15H2,(H,16,17). The summed E-state index contributed by atoms with van der Waals surface area (Å²) in [5.41, 5.74) is 5.75. The molecule has 1 aliphatic rings. The second kappa shape index (κ2) is 5.50. The lowest BCUT2D eigenvalue weighted by Crippen LogP contribution is -2.54. The van der Waals surface area contributed by atoms with Crippen molar-refractivity contribution in [1.82, 2.24) is 0 Å². The van der Waals surface area contributed by atoms with Gasteiger partial charge in [-0.15, -0.1) is 0 Å². The third kappa shape index (κ3) is 2.99. The highest BCUT2D eigenvalue weighted by Gasteiger charge is 2.36. The lowest BCUT2D eigenvalue weighted by molar-refractivity contribution is -0.124. The van der Waals surface area contributed by atoms with E-state index in [1.54, 1.807) is 0 Å². The molecule has 18 heavy (non-hydrogen) atoms. The third-order valence-electron chi connectivity index (χ3n) is 3.02. The van der Waals surface area contributed by atoms with Crippen molar-refractivity contribution in [2.45, 2.75) is 18.4 Å². The molecule has 98 valence electrons. The van der Waals surface area contributed by atoms with Crippen LogP contribution in [0.2, 0.25) is 0 Å². The van der Waals surface area contributed by atoms with Gasteiger partial charge in [-0.2, -0.15) is 0 Å². The summed E-state index contributed by atoms with van der Waals surface area (Å²) in [6.07, 6.45) is 0.993. The van der Waals surface area contributed by atoms with Crippen LogP contribution in [0.4, 0.5) is 10.1 Å². The van der Waals surface area contributed by atoms with Crippen LogP contribution in [-0.4, -0.2) is 24.7 Å². The number of nitrogens with one attached hydrogen (secondary N) is 1. The first-order valence-electron chi connectivity index (χ1n) is 5.64. The van der Waals surface area contributed by atoms with Gasteiger partial charge in [-0.3, -0.25) is 4.79 Å². The van der Waals surface area contributed by atoms with Crippen LogP contribution in [0.5, 0.6) is 0 Å². The molecule has 0 spiro atoms. The normalized spacial score (nSPS) is 18.4. The molecule has 1 aliphatic heterocycles. The Bertz CT molecular complexity index is 461. The summed E-state index contributed by atoms with van der Waals surface area (Å²) >= 11 is 1.97. The van der Waals surface area contributed by atoms with E-state index in [4.69, 9.17) is 10.5 Å². The van der Waals surface area contributed by atoms with Gasteiger partial charge < -0.3 is 15.8 Å². The fraction of sp³-hybridized carbons (Fsp3) is 0.417. The average molecular weight is 364 g/mol. The first-order valence-corrected chi connectivity index (χ1v) is 6.72. The van der Waals surface area contributed by atoms with E-state index in [2.05, 4.69) is 5.32 Å². The molecule has 4 nitrogen and oxygen atoms in total. The molecule has 1 aromatic carbocycles. The Morgan fingerprint density at radius 1 is 1.44 bits per heavy atom. The first-order chi connectivity index (χ1) is 8.51. The lowest BCUT2D eigenvalue weighted by Gasteiger charge is -2.31. The molecule has 1 aromatic rings.